The molecule has 2 unspecified atom stereocenters. The summed E-state index contributed by atoms with van der Waals surface area (Å²) in [6.07, 6.45) is -2.55. The van der Waals surface area contributed by atoms with Crippen LogP contribution in [0.15, 0.2) is 46.9 Å². The van der Waals surface area contributed by atoms with E-state index in [2.05, 4.69) is 15.9 Å². The molecule has 150 valence electrons. The van der Waals surface area contributed by atoms with E-state index < -0.39 is 29.8 Å². The molecule has 1 fully saturated rings. The van der Waals surface area contributed by atoms with Crippen molar-refractivity contribution in [1.82, 2.24) is 4.90 Å². The Morgan fingerprint density at radius 3 is 2.61 bits per heavy atom. The molecule has 1 saturated heterocycles. The van der Waals surface area contributed by atoms with Gasteiger partial charge in [-0.1, -0.05) is 46.1 Å². The van der Waals surface area contributed by atoms with E-state index in [4.69, 9.17) is 11.6 Å². The molecule has 0 aromatic heterocycles. The van der Waals surface area contributed by atoms with E-state index in [1.54, 1.807) is 29.2 Å². The minimum atomic E-state index is -4.52. The number of nitrogens with zero attached hydrogens (tertiary/aromatic N) is 1. The maximum atomic E-state index is 13.3. The van der Waals surface area contributed by atoms with E-state index in [9.17, 15) is 23.1 Å². The molecule has 1 N–H and O–H groups in total. The molecular formula is C20H18BrClF3NO2. The van der Waals surface area contributed by atoms with Crippen molar-refractivity contribution >= 4 is 33.5 Å². The number of carbonyl (C=O) groups is 1. The molecule has 8 heteroatoms. The van der Waals surface area contributed by atoms with Crippen LogP contribution in [0.1, 0.15) is 42.0 Å². The van der Waals surface area contributed by atoms with Gasteiger partial charge in [-0.25, -0.2) is 0 Å². The molecule has 0 spiro atoms. The summed E-state index contributed by atoms with van der Waals surface area (Å²) in [7, 11) is 0. The van der Waals surface area contributed by atoms with Crippen molar-refractivity contribution in [3.8, 4) is 0 Å². The van der Waals surface area contributed by atoms with Gasteiger partial charge in [0.25, 0.3) is 0 Å². The maximum Gasteiger partial charge on any atom is 0.416 e. The summed E-state index contributed by atoms with van der Waals surface area (Å²) in [4.78, 5) is 13.6. The van der Waals surface area contributed by atoms with Gasteiger partial charge in [0.15, 0.2) is 0 Å². The number of alkyl halides is 3. The second kappa shape index (κ2) is 8.43. The number of rotatable bonds is 4. The number of hydrogen-bond acceptors (Lipinski definition) is 2. The van der Waals surface area contributed by atoms with Gasteiger partial charge in [-0.3, -0.25) is 9.69 Å². The smallest absolute Gasteiger partial charge is 0.416 e. The first kappa shape index (κ1) is 21.1. The molecule has 1 heterocycles. The summed E-state index contributed by atoms with van der Waals surface area (Å²) >= 11 is 9.71. The number of piperidine rings is 1. The van der Waals surface area contributed by atoms with Crippen molar-refractivity contribution in [2.24, 2.45) is 0 Å². The van der Waals surface area contributed by atoms with Gasteiger partial charge in [0.1, 0.15) is 6.04 Å². The molecule has 1 aliphatic heterocycles. The number of benzene rings is 2. The minimum absolute atomic E-state index is 0.174. The molecule has 3 rings (SSSR count). The Kier molecular flexibility index (Phi) is 6.37. The fourth-order valence-corrected chi connectivity index (χ4v) is 4.32. The van der Waals surface area contributed by atoms with Crippen molar-refractivity contribution in [2.45, 2.75) is 37.5 Å². The van der Waals surface area contributed by atoms with Crippen LogP contribution in [0.4, 0.5) is 13.2 Å². The molecule has 1 aliphatic rings. The van der Waals surface area contributed by atoms with Gasteiger partial charge in [-0.2, -0.15) is 13.2 Å². The van der Waals surface area contributed by atoms with Gasteiger partial charge in [0.2, 0.25) is 0 Å². The van der Waals surface area contributed by atoms with Gasteiger partial charge in [0, 0.05) is 9.50 Å². The Labute approximate surface area is 174 Å². The minimum Gasteiger partial charge on any atom is -0.480 e. The predicted molar refractivity (Wildman–Crippen MR) is 104 cm³/mol. The van der Waals surface area contributed by atoms with E-state index in [1.165, 1.54) is 6.07 Å². The first-order valence-electron chi connectivity index (χ1n) is 8.79. The lowest BCUT2D eigenvalue weighted by molar-refractivity contribution is -0.145. The Morgan fingerprint density at radius 1 is 1.21 bits per heavy atom. The summed E-state index contributed by atoms with van der Waals surface area (Å²) in [6.45, 7) is 0.459. The summed E-state index contributed by atoms with van der Waals surface area (Å²) in [5.41, 5.74) is 0.127. The second-order valence-corrected chi connectivity index (χ2v) is 8.10. The number of carboxylic acid groups (broad SMARTS) is 1. The average Bonchev–Trinajstić information content (AvgIpc) is 2.63. The monoisotopic (exact) mass is 475 g/mol. The summed E-state index contributed by atoms with van der Waals surface area (Å²) in [5, 5.41) is 9.87. The van der Waals surface area contributed by atoms with Gasteiger partial charge >= 0.3 is 12.1 Å². The highest BCUT2D eigenvalue weighted by atomic mass is 79.9. The third kappa shape index (κ3) is 4.53. The van der Waals surface area contributed by atoms with E-state index in [1.807, 2.05) is 0 Å². The zero-order chi connectivity index (χ0) is 20.5. The summed E-state index contributed by atoms with van der Waals surface area (Å²) in [6, 6.07) is 8.85. The number of halogens is 5. The van der Waals surface area contributed by atoms with Crippen LogP contribution in [0.2, 0.25) is 5.02 Å². The molecule has 0 bridgehead atoms. The molecule has 2 atom stereocenters. The van der Waals surface area contributed by atoms with E-state index in [0.717, 1.165) is 29.4 Å². The zero-order valence-corrected chi connectivity index (χ0v) is 17.1. The average molecular weight is 477 g/mol. The molecule has 2 aromatic rings. The van der Waals surface area contributed by atoms with Crippen molar-refractivity contribution < 1.29 is 23.1 Å². The molecular weight excluding hydrogens is 459 g/mol. The van der Waals surface area contributed by atoms with Crippen molar-refractivity contribution in [3.63, 3.8) is 0 Å². The van der Waals surface area contributed by atoms with Gasteiger partial charge < -0.3 is 5.11 Å². The van der Waals surface area contributed by atoms with E-state index >= 15 is 0 Å². The van der Waals surface area contributed by atoms with E-state index in [0.29, 0.717) is 18.5 Å². The van der Waals surface area contributed by atoms with Crippen LogP contribution in [0.3, 0.4) is 0 Å². The third-order valence-electron chi connectivity index (χ3n) is 4.94. The Hall–Kier alpha value is -1.57. The largest absolute Gasteiger partial charge is 0.480 e. The highest BCUT2D eigenvalue weighted by Gasteiger charge is 2.38. The highest BCUT2D eigenvalue weighted by Crippen LogP contribution is 2.40. The molecule has 0 aliphatic carbocycles. The van der Waals surface area contributed by atoms with Crippen LogP contribution < -0.4 is 0 Å². The second-order valence-electron chi connectivity index (χ2n) is 6.78. The summed E-state index contributed by atoms with van der Waals surface area (Å²) < 4.78 is 40.7. The number of hydrogen-bond donors (Lipinski definition) is 1. The third-order valence-corrected chi connectivity index (χ3v) is 5.78. The van der Waals surface area contributed by atoms with Gasteiger partial charge in [-0.05, 0) is 60.8 Å². The molecule has 0 radical (unpaired) electrons. The SMILES string of the molecule is O=C(O)C1CCCCN1C(c1cccc(Br)c1)c1cc(C(F)(F)F)ccc1Cl. The quantitative estimate of drug-likeness (QED) is 0.575. The number of carboxylic acids is 1. The lowest BCUT2D eigenvalue weighted by Crippen LogP contribution is -2.47. The molecule has 0 saturated carbocycles. The van der Waals surface area contributed by atoms with Crippen LogP contribution >= 0.6 is 27.5 Å². The van der Waals surface area contributed by atoms with Crippen molar-refractivity contribution in [2.75, 3.05) is 6.54 Å². The standard InChI is InChI=1S/C20H18BrClF3NO2/c21-14-5-3-4-12(10-14)18(26-9-2-1-6-17(26)19(27)28)15-11-13(20(23,24)25)7-8-16(15)22/h3-5,7-8,10-11,17-18H,1-2,6,9H2,(H,27,28). The zero-order valence-electron chi connectivity index (χ0n) is 14.7. The fourth-order valence-electron chi connectivity index (χ4n) is 3.68. The Morgan fingerprint density at radius 2 is 1.96 bits per heavy atom. The fraction of sp³-hybridized carbons (Fsp3) is 0.350. The maximum absolute atomic E-state index is 13.3. The van der Waals surface area contributed by atoms with Crippen LogP contribution in [-0.2, 0) is 11.0 Å². The highest BCUT2D eigenvalue weighted by molar-refractivity contribution is 9.10. The predicted octanol–water partition coefficient (Wildman–Crippen LogP) is 6.15. The normalized spacial score (nSPS) is 19.4. The van der Waals surface area contributed by atoms with Gasteiger partial charge in [0.05, 0.1) is 11.6 Å². The van der Waals surface area contributed by atoms with Crippen LogP contribution in [0.5, 0.6) is 0 Å². The summed E-state index contributed by atoms with van der Waals surface area (Å²) in [5.74, 6) is -0.984. The lowest BCUT2D eigenvalue weighted by Gasteiger charge is -2.40. The molecule has 3 nitrogen and oxygen atoms in total. The number of likely N-dealkylation sites (tertiary alicyclic amines) is 1. The first-order valence-corrected chi connectivity index (χ1v) is 9.96. The Bertz CT molecular complexity index is 875. The first-order chi connectivity index (χ1) is 13.2. The van der Waals surface area contributed by atoms with Crippen LogP contribution in [-0.4, -0.2) is 28.6 Å². The number of aliphatic carboxylic acids is 1. The van der Waals surface area contributed by atoms with E-state index in [-0.39, 0.29) is 10.6 Å². The molecule has 28 heavy (non-hydrogen) atoms. The molecule has 2 aromatic carbocycles. The van der Waals surface area contributed by atoms with Crippen molar-refractivity contribution in [1.29, 1.82) is 0 Å². The van der Waals surface area contributed by atoms with Crippen molar-refractivity contribution in [3.05, 3.63) is 68.7 Å². The molecule has 0 amide bonds. The van der Waals surface area contributed by atoms with Gasteiger partial charge in [-0.15, -0.1) is 0 Å². The van der Waals surface area contributed by atoms with Crippen LogP contribution in [0, 0.1) is 0 Å². The Balaban J connectivity index is 2.18. The lowest BCUT2D eigenvalue weighted by atomic mass is 9.91. The van der Waals surface area contributed by atoms with Crippen LogP contribution in [0.25, 0.3) is 0 Å². The topological polar surface area (TPSA) is 40.5 Å².